The molecule has 7 nitrogen and oxygen atoms in total. The summed E-state index contributed by atoms with van der Waals surface area (Å²) in [4.78, 5) is 24.1. The van der Waals surface area contributed by atoms with Gasteiger partial charge in [-0.1, -0.05) is 17.3 Å². The Morgan fingerprint density at radius 1 is 1.26 bits per heavy atom. The van der Waals surface area contributed by atoms with Crippen molar-refractivity contribution >= 4 is 22.5 Å². The van der Waals surface area contributed by atoms with E-state index in [0.29, 0.717) is 18.9 Å². The highest BCUT2D eigenvalue weighted by Crippen LogP contribution is 2.43. The van der Waals surface area contributed by atoms with Crippen molar-refractivity contribution in [3.63, 3.8) is 0 Å². The zero-order valence-electron chi connectivity index (χ0n) is 13.4. The van der Waals surface area contributed by atoms with Crippen molar-refractivity contribution in [3.8, 4) is 0 Å². The third-order valence-corrected chi connectivity index (χ3v) is 4.67. The number of carboxylic acids is 1. The molecular formula is C16H12F3NO6S. The molecule has 0 amide bonds. The van der Waals surface area contributed by atoms with Crippen molar-refractivity contribution in [2.75, 3.05) is 0 Å². The summed E-state index contributed by atoms with van der Waals surface area (Å²) in [6.45, 7) is 0. The molecule has 1 N–H and O–H groups in total. The summed E-state index contributed by atoms with van der Waals surface area (Å²) in [5.74, 6) is -3.70. The molecule has 1 aliphatic carbocycles. The van der Waals surface area contributed by atoms with Gasteiger partial charge in [0.05, 0.1) is 11.3 Å². The molecule has 0 spiro atoms. The number of ketones is 1. The molecule has 1 fully saturated rings. The van der Waals surface area contributed by atoms with Crippen molar-refractivity contribution in [3.05, 3.63) is 51.9 Å². The molecular weight excluding hydrogens is 391 g/mol. The third-order valence-electron chi connectivity index (χ3n) is 4.04. The highest BCUT2D eigenvalue weighted by Gasteiger charge is 2.41. The standard InChI is InChI=1S/C16H12F3NO6S/c17-16(18,19)10-5-7(6-27(24)25)1-4-9(10)13(21)11-12(15(22)23)20-26-14(11)8-2-3-8/h1,4-5,8,27H,2-3,6H2,(H,22,23). The summed E-state index contributed by atoms with van der Waals surface area (Å²) in [7, 11) is -2.96. The molecule has 1 heterocycles. The van der Waals surface area contributed by atoms with Crippen LogP contribution in [0.1, 0.15) is 62.1 Å². The van der Waals surface area contributed by atoms with E-state index in [1.54, 1.807) is 0 Å². The lowest BCUT2D eigenvalue weighted by Gasteiger charge is -2.13. The number of nitrogens with zero attached hydrogens (tertiary/aromatic N) is 1. The van der Waals surface area contributed by atoms with E-state index in [2.05, 4.69) is 5.16 Å². The van der Waals surface area contributed by atoms with E-state index >= 15 is 0 Å². The molecule has 0 radical (unpaired) electrons. The number of carboxylic acid groups (broad SMARTS) is 1. The van der Waals surface area contributed by atoms with Gasteiger partial charge in [0.1, 0.15) is 16.3 Å². The first kappa shape index (κ1) is 19.1. The van der Waals surface area contributed by atoms with Crippen LogP contribution in [0.5, 0.6) is 0 Å². The van der Waals surface area contributed by atoms with Gasteiger partial charge in [0, 0.05) is 11.5 Å². The van der Waals surface area contributed by atoms with Gasteiger partial charge in [0.25, 0.3) is 0 Å². The number of hydrogen-bond acceptors (Lipinski definition) is 6. The van der Waals surface area contributed by atoms with Crippen molar-refractivity contribution in [1.82, 2.24) is 5.16 Å². The topological polar surface area (TPSA) is 115 Å². The van der Waals surface area contributed by atoms with Gasteiger partial charge in [0.15, 0.2) is 11.5 Å². The average Bonchev–Trinajstić information content (AvgIpc) is 3.30. The van der Waals surface area contributed by atoms with Gasteiger partial charge in [-0.25, -0.2) is 13.2 Å². The summed E-state index contributed by atoms with van der Waals surface area (Å²) in [5, 5.41) is 12.5. The van der Waals surface area contributed by atoms with Crippen LogP contribution < -0.4 is 0 Å². The second-order valence-electron chi connectivity index (χ2n) is 6.05. The number of benzene rings is 1. The van der Waals surface area contributed by atoms with E-state index < -0.39 is 56.8 Å². The number of hydrogen-bond donors (Lipinski definition) is 2. The van der Waals surface area contributed by atoms with E-state index in [4.69, 9.17) is 4.52 Å². The normalized spacial score (nSPS) is 14.5. The lowest BCUT2D eigenvalue weighted by molar-refractivity contribution is -0.137. The minimum absolute atomic E-state index is 0.0442. The Kier molecular flexibility index (Phi) is 4.81. The Morgan fingerprint density at radius 2 is 1.93 bits per heavy atom. The molecule has 0 saturated heterocycles. The second kappa shape index (κ2) is 6.80. The summed E-state index contributed by atoms with van der Waals surface area (Å²) < 4.78 is 66.8. The maximum absolute atomic E-state index is 13.4. The molecule has 0 atom stereocenters. The van der Waals surface area contributed by atoms with Crippen molar-refractivity contribution < 1.29 is 40.8 Å². The zero-order valence-corrected chi connectivity index (χ0v) is 14.3. The van der Waals surface area contributed by atoms with Crippen LogP contribution in [0.2, 0.25) is 0 Å². The van der Waals surface area contributed by atoms with E-state index in [9.17, 15) is 36.3 Å². The van der Waals surface area contributed by atoms with Crippen LogP contribution in [0.4, 0.5) is 13.2 Å². The van der Waals surface area contributed by atoms with E-state index in [1.165, 1.54) is 0 Å². The van der Waals surface area contributed by atoms with Crippen molar-refractivity contribution in [2.45, 2.75) is 30.7 Å². The van der Waals surface area contributed by atoms with Crippen LogP contribution in [0.25, 0.3) is 0 Å². The highest BCUT2D eigenvalue weighted by molar-refractivity contribution is 7.71. The fourth-order valence-electron chi connectivity index (χ4n) is 2.70. The lowest BCUT2D eigenvalue weighted by atomic mass is 9.94. The van der Waals surface area contributed by atoms with Gasteiger partial charge in [-0.3, -0.25) is 4.79 Å². The molecule has 2 aromatic rings. The fraction of sp³-hybridized carbons (Fsp3) is 0.312. The molecule has 0 aliphatic heterocycles. The first-order valence-corrected chi connectivity index (χ1v) is 9.05. The minimum atomic E-state index is -4.95. The minimum Gasteiger partial charge on any atom is -0.476 e. The van der Waals surface area contributed by atoms with Crippen LogP contribution in [0.15, 0.2) is 22.7 Å². The van der Waals surface area contributed by atoms with Gasteiger partial charge in [-0.2, -0.15) is 13.2 Å². The first-order chi connectivity index (χ1) is 12.6. The van der Waals surface area contributed by atoms with Crippen molar-refractivity contribution in [1.29, 1.82) is 0 Å². The van der Waals surface area contributed by atoms with E-state index in [1.807, 2.05) is 0 Å². The molecule has 1 saturated carbocycles. The zero-order chi connectivity index (χ0) is 19.9. The molecule has 144 valence electrons. The Bertz CT molecular complexity index is 996. The molecule has 1 aromatic carbocycles. The van der Waals surface area contributed by atoms with Gasteiger partial charge in [0.2, 0.25) is 5.69 Å². The largest absolute Gasteiger partial charge is 0.476 e. The van der Waals surface area contributed by atoms with E-state index in [-0.39, 0.29) is 17.2 Å². The van der Waals surface area contributed by atoms with E-state index in [0.717, 1.165) is 12.1 Å². The van der Waals surface area contributed by atoms with Crippen LogP contribution in [0.3, 0.4) is 0 Å². The lowest BCUT2D eigenvalue weighted by Crippen LogP contribution is -2.17. The molecule has 0 unspecified atom stereocenters. The monoisotopic (exact) mass is 403 g/mol. The second-order valence-corrected chi connectivity index (χ2v) is 7.03. The fourth-order valence-corrected chi connectivity index (χ4v) is 3.19. The number of alkyl halides is 3. The third kappa shape index (κ3) is 3.87. The van der Waals surface area contributed by atoms with Crippen LogP contribution in [-0.4, -0.2) is 30.4 Å². The molecule has 11 heteroatoms. The Balaban J connectivity index is 2.15. The Morgan fingerprint density at radius 3 is 2.44 bits per heavy atom. The number of halogens is 3. The number of carbonyl (C=O) groups is 2. The van der Waals surface area contributed by atoms with Crippen LogP contribution >= 0.6 is 0 Å². The summed E-state index contributed by atoms with van der Waals surface area (Å²) in [6.07, 6.45) is -3.73. The quantitative estimate of drug-likeness (QED) is 0.563. The first-order valence-electron chi connectivity index (χ1n) is 7.69. The molecule has 1 aromatic heterocycles. The summed E-state index contributed by atoms with van der Waals surface area (Å²) >= 11 is 0. The van der Waals surface area contributed by atoms with Crippen LogP contribution in [-0.2, 0) is 22.6 Å². The molecule has 0 bridgehead atoms. The highest BCUT2D eigenvalue weighted by atomic mass is 32.2. The maximum atomic E-state index is 13.4. The Labute approximate surface area is 151 Å². The van der Waals surface area contributed by atoms with Gasteiger partial charge in [-0.05, 0) is 24.5 Å². The number of thiol groups is 1. The van der Waals surface area contributed by atoms with Gasteiger partial charge in [-0.15, -0.1) is 0 Å². The average molecular weight is 403 g/mol. The summed E-state index contributed by atoms with van der Waals surface area (Å²) in [6, 6.07) is 2.50. The van der Waals surface area contributed by atoms with Gasteiger partial charge < -0.3 is 9.63 Å². The molecule has 3 rings (SSSR count). The predicted molar refractivity (Wildman–Crippen MR) is 84.3 cm³/mol. The molecule has 27 heavy (non-hydrogen) atoms. The number of rotatable bonds is 6. The number of carbonyl (C=O) groups excluding carboxylic acids is 1. The van der Waals surface area contributed by atoms with Crippen molar-refractivity contribution in [2.24, 2.45) is 0 Å². The smallest absolute Gasteiger partial charge is 0.417 e. The van der Waals surface area contributed by atoms with Crippen LogP contribution in [0, 0.1) is 0 Å². The summed E-state index contributed by atoms with van der Waals surface area (Å²) in [5.41, 5.74) is -3.53. The number of aromatic carboxylic acids is 1. The SMILES string of the molecule is O=C(O)c1noc(C2CC2)c1C(=O)c1ccc(C[SH](=O)=O)cc1C(F)(F)F. The maximum Gasteiger partial charge on any atom is 0.417 e. The van der Waals surface area contributed by atoms with Gasteiger partial charge >= 0.3 is 12.1 Å². The number of aromatic nitrogens is 1. The predicted octanol–water partition coefficient (Wildman–Crippen LogP) is 2.61. The molecule has 1 aliphatic rings. The Hall–Kier alpha value is -2.69.